The van der Waals surface area contributed by atoms with E-state index < -0.39 is 0 Å². The highest BCUT2D eigenvalue weighted by Gasteiger charge is 2.00. The second-order valence-electron chi connectivity index (χ2n) is 4.96. The molecular weight excluding hydrogens is 316 g/mol. The Morgan fingerprint density at radius 1 is 1.20 bits per heavy atom. The van der Waals surface area contributed by atoms with Crippen molar-refractivity contribution in [2.75, 3.05) is 0 Å². The first kappa shape index (κ1) is 15.0. The van der Waals surface area contributed by atoms with Crippen molar-refractivity contribution in [1.82, 2.24) is 10.3 Å². The predicted molar refractivity (Wildman–Crippen MR) is 84.7 cm³/mol. The fraction of sp³-hybridized carbons (Fsp3) is 0.312. The van der Waals surface area contributed by atoms with Gasteiger partial charge in [-0.2, -0.15) is 0 Å². The molecule has 0 saturated carbocycles. The lowest BCUT2D eigenvalue weighted by Gasteiger charge is -2.09. The number of ether oxygens (including phenoxy) is 1. The zero-order chi connectivity index (χ0) is 14.4. The molecule has 0 bridgehead atoms. The van der Waals surface area contributed by atoms with Crippen LogP contribution < -0.4 is 10.1 Å². The van der Waals surface area contributed by atoms with Crippen molar-refractivity contribution < 1.29 is 4.74 Å². The van der Waals surface area contributed by atoms with Crippen LogP contribution in [-0.4, -0.2) is 11.0 Å². The molecule has 1 aromatic carbocycles. The van der Waals surface area contributed by atoms with Crippen LogP contribution in [0.4, 0.5) is 0 Å². The largest absolute Gasteiger partial charge is 0.473 e. The number of halogens is 1. The van der Waals surface area contributed by atoms with Gasteiger partial charge in [0.05, 0.1) is 0 Å². The summed E-state index contributed by atoms with van der Waals surface area (Å²) >= 11 is 3.45. The topological polar surface area (TPSA) is 34.1 Å². The van der Waals surface area contributed by atoms with Crippen LogP contribution in [0.25, 0.3) is 0 Å². The van der Waals surface area contributed by atoms with Gasteiger partial charge in [-0.25, -0.2) is 4.98 Å². The van der Waals surface area contributed by atoms with Crippen LogP contribution in [0.2, 0.25) is 0 Å². The molecule has 0 fully saturated rings. The van der Waals surface area contributed by atoms with Gasteiger partial charge in [0.25, 0.3) is 0 Å². The Bertz CT molecular complexity index is 540. The smallest absolute Gasteiger partial charge is 0.213 e. The number of pyridine rings is 1. The number of hydrogen-bond donors (Lipinski definition) is 1. The summed E-state index contributed by atoms with van der Waals surface area (Å²) in [5, 5.41) is 3.36. The van der Waals surface area contributed by atoms with Crippen molar-refractivity contribution >= 4 is 15.9 Å². The molecule has 4 heteroatoms. The summed E-state index contributed by atoms with van der Waals surface area (Å²) in [6, 6.07) is 12.5. The van der Waals surface area contributed by atoms with Crippen molar-refractivity contribution in [2.45, 2.75) is 33.0 Å². The molecule has 3 nitrogen and oxygen atoms in total. The minimum absolute atomic E-state index is 0.474. The summed E-state index contributed by atoms with van der Waals surface area (Å²) in [5.41, 5.74) is 2.28. The first-order valence-corrected chi connectivity index (χ1v) is 7.48. The fourth-order valence-corrected chi connectivity index (χ4v) is 2.15. The van der Waals surface area contributed by atoms with Gasteiger partial charge in [-0.1, -0.05) is 48.0 Å². The summed E-state index contributed by atoms with van der Waals surface area (Å²) in [5.74, 6) is 0.651. The number of nitrogens with zero attached hydrogens (tertiary/aromatic N) is 1. The second kappa shape index (κ2) is 7.41. The quantitative estimate of drug-likeness (QED) is 0.869. The zero-order valence-corrected chi connectivity index (χ0v) is 13.4. The van der Waals surface area contributed by atoms with E-state index in [0.717, 1.165) is 22.1 Å². The summed E-state index contributed by atoms with van der Waals surface area (Å²) < 4.78 is 6.73. The Balaban J connectivity index is 1.87. The molecule has 0 aliphatic rings. The van der Waals surface area contributed by atoms with Gasteiger partial charge in [-0.15, -0.1) is 0 Å². The van der Waals surface area contributed by atoms with Crippen molar-refractivity contribution in [3.63, 3.8) is 0 Å². The highest BCUT2D eigenvalue weighted by molar-refractivity contribution is 9.10. The van der Waals surface area contributed by atoms with Crippen molar-refractivity contribution in [2.24, 2.45) is 0 Å². The molecule has 0 unspecified atom stereocenters. The maximum absolute atomic E-state index is 5.68. The van der Waals surface area contributed by atoms with Crippen molar-refractivity contribution in [3.05, 3.63) is 58.2 Å². The van der Waals surface area contributed by atoms with Gasteiger partial charge >= 0.3 is 0 Å². The lowest BCUT2D eigenvalue weighted by atomic mass is 10.2. The first-order valence-electron chi connectivity index (χ1n) is 6.69. The normalized spacial score (nSPS) is 10.8. The van der Waals surface area contributed by atoms with Gasteiger partial charge in [0.15, 0.2) is 0 Å². The molecule has 0 atom stereocenters. The molecule has 0 spiro atoms. The maximum Gasteiger partial charge on any atom is 0.213 e. The van der Waals surface area contributed by atoms with E-state index in [-0.39, 0.29) is 0 Å². The van der Waals surface area contributed by atoms with E-state index in [4.69, 9.17) is 4.74 Å². The first-order chi connectivity index (χ1) is 9.63. The number of hydrogen-bond acceptors (Lipinski definition) is 3. The Hall–Kier alpha value is -1.39. The van der Waals surface area contributed by atoms with Gasteiger partial charge in [-0.05, 0) is 23.3 Å². The molecule has 0 amide bonds. The SMILES string of the molecule is CC(C)NCc1ccc(OCc2cccc(Br)c2)nc1. The van der Waals surface area contributed by atoms with E-state index in [9.17, 15) is 0 Å². The van der Waals surface area contributed by atoms with Crippen molar-refractivity contribution in [1.29, 1.82) is 0 Å². The van der Waals surface area contributed by atoms with Gasteiger partial charge in [0.1, 0.15) is 6.61 Å². The molecule has 1 N–H and O–H groups in total. The van der Waals surface area contributed by atoms with Crippen LogP contribution in [0.3, 0.4) is 0 Å². The zero-order valence-electron chi connectivity index (χ0n) is 11.8. The standard InChI is InChI=1S/C16H19BrN2O/c1-12(2)18-9-14-6-7-16(19-10-14)20-11-13-4-3-5-15(17)8-13/h3-8,10,12,18H,9,11H2,1-2H3. The van der Waals surface area contributed by atoms with E-state index in [1.807, 2.05) is 42.6 Å². The average Bonchev–Trinajstić information content (AvgIpc) is 2.44. The van der Waals surface area contributed by atoms with E-state index in [0.29, 0.717) is 18.5 Å². The minimum Gasteiger partial charge on any atom is -0.473 e. The van der Waals surface area contributed by atoms with E-state index in [1.54, 1.807) is 0 Å². The van der Waals surface area contributed by atoms with Gasteiger partial charge in [-0.3, -0.25) is 0 Å². The molecule has 2 aromatic rings. The summed E-state index contributed by atoms with van der Waals surface area (Å²) in [6.45, 7) is 5.61. The second-order valence-corrected chi connectivity index (χ2v) is 5.87. The molecule has 1 aromatic heterocycles. The molecular formula is C16H19BrN2O. The average molecular weight is 335 g/mol. The molecule has 0 aliphatic carbocycles. The van der Waals surface area contributed by atoms with Gasteiger partial charge in [0, 0.05) is 29.3 Å². The third-order valence-electron chi connectivity index (χ3n) is 2.79. The molecule has 0 aliphatic heterocycles. The Kier molecular flexibility index (Phi) is 5.56. The lowest BCUT2D eigenvalue weighted by Crippen LogP contribution is -2.21. The van der Waals surface area contributed by atoms with Gasteiger partial charge < -0.3 is 10.1 Å². The Labute approximate surface area is 128 Å². The van der Waals surface area contributed by atoms with Crippen LogP contribution in [-0.2, 0) is 13.2 Å². The molecule has 2 rings (SSSR count). The molecule has 106 valence electrons. The van der Waals surface area contributed by atoms with E-state index in [2.05, 4.69) is 40.1 Å². The van der Waals surface area contributed by atoms with Crippen LogP contribution in [0.15, 0.2) is 47.1 Å². The van der Waals surface area contributed by atoms with Crippen LogP contribution in [0, 0.1) is 0 Å². The number of benzene rings is 1. The number of aromatic nitrogens is 1. The van der Waals surface area contributed by atoms with Crippen LogP contribution in [0.1, 0.15) is 25.0 Å². The van der Waals surface area contributed by atoms with Crippen LogP contribution in [0.5, 0.6) is 5.88 Å². The van der Waals surface area contributed by atoms with E-state index >= 15 is 0 Å². The highest BCUT2D eigenvalue weighted by atomic mass is 79.9. The summed E-state index contributed by atoms with van der Waals surface area (Å²) in [7, 11) is 0. The Morgan fingerprint density at radius 3 is 2.70 bits per heavy atom. The lowest BCUT2D eigenvalue weighted by molar-refractivity contribution is 0.293. The Morgan fingerprint density at radius 2 is 2.05 bits per heavy atom. The van der Waals surface area contributed by atoms with Crippen molar-refractivity contribution in [3.8, 4) is 5.88 Å². The fourth-order valence-electron chi connectivity index (χ4n) is 1.71. The summed E-state index contributed by atoms with van der Waals surface area (Å²) in [4.78, 5) is 4.32. The maximum atomic E-state index is 5.68. The third-order valence-corrected chi connectivity index (χ3v) is 3.28. The van der Waals surface area contributed by atoms with Crippen LogP contribution >= 0.6 is 15.9 Å². The molecule has 20 heavy (non-hydrogen) atoms. The van der Waals surface area contributed by atoms with Gasteiger partial charge in [0.2, 0.25) is 5.88 Å². The molecule has 1 heterocycles. The summed E-state index contributed by atoms with van der Waals surface area (Å²) in [6.07, 6.45) is 1.85. The third kappa shape index (κ3) is 4.94. The number of nitrogens with one attached hydrogen (secondary N) is 1. The monoisotopic (exact) mass is 334 g/mol. The minimum atomic E-state index is 0.474. The predicted octanol–water partition coefficient (Wildman–Crippen LogP) is 3.92. The molecule has 0 saturated heterocycles. The highest BCUT2D eigenvalue weighted by Crippen LogP contribution is 2.14. The number of rotatable bonds is 6. The van der Waals surface area contributed by atoms with E-state index in [1.165, 1.54) is 0 Å². The molecule has 0 radical (unpaired) electrons.